The minimum atomic E-state index is -0.195. The zero-order valence-corrected chi connectivity index (χ0v) is 18.6. The number of fused-ring (bicyclic) bond motifs is 1. The van der Waals surface area contributed by atoms with Crippen LogP contribution in [0.2, 0.25) is 0 Å². The van der Waals surface area contributed by atoms with Crippen molar-refractivity contribution in [3.63, 3.8) is 0 Å². The van der Waals surface area contributed by atoms with Gasteiger partial charge in [-0.25, -0.2) is 4.39 Å². The van der Waals surface area contributed by atoms with E-state index in [0.29, 0.717) is 5.92 Å². The van der Waals surface area contributed by atoms with E-state index in [1.165, 1.54) is 19.0 Å². The van der Waals surface area contributed by atoms with Crippen molar-refractivity contribution in [2.24, 2.45) is 10.9 Å². The van der Waals surface area contributed by atoms with Gasteiger partial charge in [-0.05, 0) is 62.5 Å². The predicted octanol–water partition coefficient (Wildman–Crippen LogP) is 3.36. The molecule has 1 atom stereocenters. The molecule has 1 fully saturated rings. The number of nitrogens with one attached hydrogen (secondary N) is 3. The third kappa shape index (κ3) is 6.07. The van der Waals surface area contributed by atoms with E-state index in [4.69, 9.17) is 4.99 Å². The number of hydrogen-bond acceptors (Lipinski definition) is 2. The molecule has 0 aliphatic carbocycles. The molecule has 1 aliphatic rings. The van der Waals surface area contributed by atoms with Crippen molar-refractivity contribution in [1.82, 2.24) is 20.5 Å². The number of hydrogen-bond donors (Lipinski definition) is 3. The number of rotatable bonds is 7. The van der Waals surface area contributed by atoms with Gasteiger partial charge in [0.15, 0.2) is 5.96 Å². The lowest BCUT2D eigenvalue weighted by atomic mass is 10.1. The molecule has 1 saturated heterocycles. The van der Waals surface area contributed by atoms with Gasteiger partial charge in [-0.1, -0.05) is 6.92 Å². The fourth-order valence-corrected chi connectivity index (χ4v) is 3.58. The standard InChI is InChI=1S/C20H30FN5.HI/c1-3-22-20(25-12-15-8-10-26(4-2)14-15)23-9-7-16-13-24-19-6-5-17(21)11-18(16)19;/h5-6,11,13,15,24H,3-4,7-10,12,14H2,1-2H3,(H2,22,23,25);1H. The third-order valence-corrected chi connectivity index (χ3v) is 5.09. The van der Waals surface area contributed by atoms with E-state index in [9.17, 15) is 4.39 Å². The van der Waals surface area contributed by atoms with Crippen LogP contribution in [0.5, 0.6) is 0 Å². The van der Waals surface area contributed by atoms with Gasteiger partial charge in [0.1, 0.15) is 5.82 Å². The maximum atomic E-state index is 13.5. The Bertz CT molecular complexity index is 745. The lowest BCUT2D eigenvalue weighted by Crippen LogP contribution is -2.38. The van der Waals surface area contributed by atoms with Gasteiger partial charge in [-0.15, -0.1) is 24.0 Å². The molecule has 7 heteroatoms. The molecular formula is C20H31FIN5. The van der Waals surface area contributed by atoms with Crippen LogP contribution in [0.4, 0.5) is 4.39 Å². The molecule has 27 heavy (non-hydrogen) atoms. The first-order valence-electron chi connectivity index (χ1n) is 9.69. The number of guanidine groups is 1. The zero-order chi connectivity index (χ0) is 18.4. The average Bonchev–Trinajstić information content (AvgIpc) is 3.26. The zero-order valence-electron chi connectivity index (χ0n) is 16.2. The summed E-state index contributed by atoms with van der Waals surface area (Å²) in [5.74, 6) is 1.33. The van der Waals surface area contributed by atoms with E-state index < -0.39 is 0 Å². The summed E-state index contributed by atoms with van der Waals surface area (Å²) >= 11 is 0. The lowest BCUT2D eigenvalue weighted by Gasteiger charge is -2.14. The highest BCUT2D eigenvalue weighted by molar-refractivity contribution is 14.0. The topological polar surface area (TPSA) is 55.5 Å². The van der Waals surface area contributed by atoms with E-state index in [2.05, 4.69) is 34.4 Å². The Morgan fingerprint density at radius 3 is 2.93 bits per heavy atom. The monoisotopic (exact) mass is 487 g/mol. The predicted molar refractivity (Wildman–Crippen MR) is 122 cm³/mol. The van der Waals surface area contributed by atoms with E-state index in [0.717, 1.165) is 61.6 Å². The number of halogens is 2. The number of aliphatic imine (C=N–C) groups is 1. The number of likely N-dealkylation sites (tertiary alicyclic amines) is 1. The first kappa shape index (κ1) is 21.9. The Morgan fingerprint density at radius 1 is 1.33 bits per heavy atom. The van der Waals surface area contributed by atoms with Gasteiger partial charge in [-0.2, -0.15) is 0 Å². The smallest absolute Gasteiger partial charge is 0.191 e. The Balaban J connectivity index is 0.00000261. The largest absolute Gasteiger partial charge is 0.361 e. The van der Waals surface area contributed by atoms with Gasteiger partial charge >= 0.3 is 0 Å². The van der Waals surface area contributed by atoms with E-state index in [1.807, 2.05) is 6.20 Å². The molecule has 2 aromatic rings. The lowest BCUT2D eigenvalue weighted by molar-refractivity contribution is 0.343. The molecule has 0 saturated carbocycles. The van der Waals surface area contributed by atoms with Gasteiger partial charge < -0.3 is 20.5 Å². The summed E-state index contributed by atoms with van der Waals surface area (Å²) in [4.78, 5) is 10.4. The van der Waals surface area contributed by atoms with Crippen LogP contribution in [0, 0.1) is 11.7 Å². The molecule has 2 heterocycles. The van der Waals surface area contributed by atoms with Gasteiger partial charge in [0.2, 0.25) is 0 Å². The summed E-state index contributed by atoms with van der Waals surface area (Å²) in [6, 6.07) is 4.87. The molecule has 0 radical (unpaired) electrons. The minimum absolute atomic E-state index is 0. The third-order valence-electron chi connectivity index (χ3n) is 5.09. The van der Waals surface area contributed by atoms with Crippen LogP contribution in [0.3, 0.4) is 0 Å². The van der Waals surface area contributed by atoms with Crippen LogP contribution in [0.25, 0.3) is 10.9 Å². The van der Waals surface area contributed by atoms with Crippen molar-refractivity contribution >= 4 is 40.8 Å². The highest BCUT2D eigenvalue weighted by atomic mass is 127. The van der Waals surface area contributed by atoms with Crippen LogP contribution >= 0.6 is 24.0 Å². The quantitative estimate of drug-likeness (QED) is 0.319. The molecule has 0 bridgehead atoms. The Morgan fingerprint density at radius 2 is 2.19 bits per heavy atom. The Labute approximate surface area is 178 Å². The van der Waals surface area contributed by atoms with Gasteiger partial charge in [0.05, 0.1) is 0 Å². The van der Waals surface area contributed by atoms with Crippen LogP contribution in [0.1, 0.15) is 25.8 Å². The second kappa shape index (κ2) is 10.8. The van der Waals surface area contributed by atoms with Crippen molar-refractivity contribution in [2.75, 3.05) is 39.3 Å². The number of benzene rings is 1. The summed E-state index contributed by atoms with van der Waals surface area (Å²) in [5, 5.41) is 7.68. The summed E-state index contributed by atoms with van der Waals surface area (Å²) in [5.41, 5.74) is 2.10. The van der Waals surface area contributed by atoms with Crippen molar-refractivity contribution < 1.29 is 4.39 Å². The molecule has 1 unspecified atom stereocenters. The normalized spacial score (nSPS) is 17.9. The first-order valence-corrected chi connectivity index (χ1v) is 9.69. The molecule has 0 amide bonds. The van der Waals surface area contributed by atoms with E-state index in [1.54, 1.807) is 12.1 Å². The molecule has 1 aliphatic heterocycles. The van der Waals surface area contributed by atoms with Crippen molar-refractivity contribution in [3.8, 4) is 0 Å². The second-order valence-corrected chi connectivity index (χ2v) is 6.95. The number of aromatic amines is 1. The highest BCUT2D eigenvalue weighted by Crippen LogP contribution is 2.19. The number of nitrogens with zero attached hydrogens (tertiary/aromatic N) is 2. The second-order valence-electron chi connectivity index (χ2n) is 6.95. The summed E-state index contributed by atoms with van der Waals surface area (Å²) in [6.45, 7) is 10.2. The summed E-state index contributed by atoms with van der Waals surface area (Å²) in [7, 11) is 0. The van der Waals surface area contributed by atoms with Crippen molar-refractivity contribution in [3.05, 3.63) is 35.8 Å². The number of H-pyrrole nitrogens is 1. The van der Waals surface area contributed by atoms with Gasteiger partial charge in [0, 0.05) is 43.3 Å². The molecule has 5 nitrogen and oxygen atoms in total. The molecular weight excluding hydrogens is 456 g/mol. The Kier molecular flexibility index (Phi) is 8.82. The molecule has 1 aromatic heterocycles. The average molecular weight is 487 g/mol. The van der Waals surface area contributed by atoms with Crippen LogP contribution in [-0.2, 0) is 6.42 Å². The molecule has 3 N–H and O–H groups in total. The fourth-order valence-electron chi connectivity index (χ4n) is 3.58. The van der Waals surface area contributed by atoms with E-state index >= 15 is 0 Å². The van der Waals surface area contributed by atoms with Crippen molar-refractivity contribution in [1.29, 1.82) is 0 Å². The summed E-state index contributed by atoms with van der Waals surface area (Å²) < 4.78 is 13.5. The van der Waals surface area contributed by atoms with Crippen molar-refractivity contribution in [2.45, 2.75) is 26.7 Å². The minimum Gasteiger partial charge on any atom is -0.361 e. The molecule has 150 valence electrons. The van der Waals surface area contributed by atoms with Crippen LogP contribution in [-0.4, -0.2) is 55.1 Å². The van der Waals surface area contributed by atoms with Crippen LogP contribution in [0.15, 0.2) is 29.4 Å². The SMILES string of the molecule is CCNC(=NCC1CCN(CC)C1)NCCc1c[nH]c2ccc(F)cc12.I. The first-order chi connectivity index (χ1) is 12.7. The van der Waals surface area contributed by atoms with Gasteiger partial charge in [0.25, 0.3) is 0 Å². The highest BCUT2D eigenvalue weighted by Gasteiger charge is 2.20. The van der Waals surface area contributed by atoms with E-state index in [-0.39, 0.29) is 29.8 Å². The van der Waals surface area contributed by atoms with Gasteiger partial charge in [-0.3, -0.25) is 4.99 Å². The molecule has 0 spiro atoms. The van der Waals surface area contributed by atoms with Crippen LogP contribution < -0.4 is 10.6 Å². The maximum absolute atomic E-state index is 13.5. The maximum Gasteiger partial charge on any atom is 0.191 e. The molecule has 1 aromatic carbocycles. The Hall–Kier alpha value is -1.35. The number of aromatic nitrogens is 1. The summed E-state index contributed by atoms with van der Waals surface area (Å²) in [6.07, 6.45) is 4.02. The fraction of sp³-hybridized carbons (Fsp3) is 0.550. The molecule has 3 rings (SSSR count).